The van der Waals surface area contributed by atoms with E-state index in [1.165, 1.54) is 11.0 Å². The Morgan fingerprint density at radius 1 is 1.28 bits per heavy atom. The molecule has 1 atom stereocenters. The number of nitrogens with one attached hydrogen (secondary N) is 2. The maximum Gasteiger partial charge on any atom is 0.322 e. The number of carbonyl (C=O) groups excluding carboxylic acids is 2. The van der Waals surface area contributed by atoms with Crippen molar-refractivity contribution in [3.8, 4) is 0 Å². The van der Waals surface area contributed by atoms with Gasteiger partial charge in [-0.15, -0.1) is 0 Å². The molecule has 0 saturated heterocycles. The van der Waals surface area contributed by atoms with E-state index >= 15 is 0 Å². The van der Waals surface area contributed by atoms with Gasteiger partial charge in [0.2, 0.25) is 5.91 Å². The lowest BCUT2D eigenvalue weighted by Crippen LogP contribution is -2.45. The fourth-order valence-corrected chi connectivity index (χ4v) is 2.77. The largest absolute Gasteiger partial charge is 0.348 e. The Kier molecular flexibility index (Phi) is 4.65. The molecule has 0 saturated carbocycles. The second kappa shape index (κ2) is 6.88. The van der Waals surface area contributed by atoms with E-state index in [9.17, 15) is 18.4 Å². The number of anilines is 1. The lowest BCUT2D eigenvalue weighted by Gasteiger charge is -2.29. The number of hydrogen-bond acceptors (Lipinski definition) is 2. The average Bonchev–Trinajstić information content (AvgIpc) is 2.55. The first-order valence-corrected chi connectivity index (χ1v) is 7.82. The minimum Gasteiger partial charge on any atom is -0.348 e. The van der Waals surface area contributed by atoms with Crippen LogP contribution in [0.15, 0.2) is 42.5 Å². The van der Waals surface area contributed by atoms with Crippen LogP contribution in [-0.4, -0.2) is 23.4 Å². The Balaban J connectivity index is 1.63. The zero-order chi connectivity index (χ0) is 18.0. The first kappa shape index (κ1) is 16.9. The number of halogens is 2. The van der Waals surface area contributed by atoms with Crippen LogP contribution in [0.3, 0.4) is 0 Å². The highest BCUT2D eigenvalue weighted by molar-refractivity contribution is 5.94. The molecule has 0 spiro atoms. The molecule has 3 rings (SSSR count). The van der Waals surface area contributed by atoms with Gasteiger partial charge in [-0.3, -0.25) is 4.79 Å². The second-order valence-corrected chi connectivity index (χ2v) is 5.90. The number of nitrogens with zero attached hydrogens (tertiary/aromatic N) is 1. The normalized spacial score (nSPS) is 14.5. The summed E-state index contributed by atoms with van der Waals surface area (Å²) in [7, 11) is 0. The fourth-order valence-electron chi connectivity index (χ4n) is 2.77. The van der Waals surface area contributed by atoms with Gasteiger partial charge in [0, 0.05) is 17.3 Å². The number of para-hydroxylation sites is 1. The van der Waals surface area contributed by atoms with Crippen LogP contribution in [0.5, 0.6) is 0 Å². The van der Waals surface area contributed by atoms with Crippen LogP contribution in [-0.2, 0) is 11.3 Å². The highest BCUT2D eigenvalue weighted by atomic mass is 19.1. The Bertz CT molecular complexity index is 826. The van der Waals surface area contributed by atoms with E-state index in [2.05, 4.69) is 10.6 Å². The van der Waals surface area contributed by atoms with Crippen molar-refractivity contribution < 1.29 is 18.4 Å². The third-order valence-corrected chi connectivity index (χ3v) is 4.05. The Hall–Kier alpha value is -2.96. The summed E-state index contributed by atoms with van der Waals surface area (Å²) in [6.45, 7) is 1.75. The summed E-state index contributed by atoms with van der Waals surface area (Å²) in [5, 5.41) is 5.35. The molecule has 0 bridgehead atoms. The zero-order valence-electron chi connectivity index (χ0n) is 13.6. The van der Waals surface area contributed by atoms with Crippen LogP contribution < -0.4 is 10.6 Å². The first-order valence-electron chi connectivity index (χ1n) is 7.82. The summed E-state index contributed by atoms with van der Waals surface area (Å²) in [5.74, 6) is -1.83. The van der Waals surface area contributed by atoms with Gasteiger partial charge in [-0.25, -0.2) is 13.6 Å². The van der Waals surface area contributed by atoms with Crippen LogP contribution in [0.2, 0.25) is 0 Å². The van der Waals surface area contributed by atoms with Gasteiger partial charge in [-0.05, 0) is 24.6 Å². The van der Waals surface area contributed by atoms with Crippen molar-refractivity contribution in [2.45, 2.75) is 19.5 Å². The van der Waals surface area contributed by atoms with Crippen molar-refractivity contribution in [1.82, 2.24) is 10.2 Å². The van der Waals surface area contributed by atoms with Crippen molar-refractivity contribution in [2.24, 2.45) is 0 Å². The molecule has 2 aromatic carbocycles. The SMILES string of the molecule is C[C@H](NC(=O)CN1Cc2ccccc2NC1=O)c1ccc(F)cc1F. The number of rotatable bonds is 4. The van der Waals surface area contributed by atoms with Crippen LogP contribution >= 0.6 is 0 Å². The summed E-state index contributed by atoms with van der Waals surface area (Å²) in [5.41, 5.74) is 1.82. The number of amides is 3. The van der Waals surface area contributed by atoms with Crippen molar-refractivity contribution in [1.29, 1.82) is 0 Å². The standard InChI is InChI=1S/C18H17F2N3O2/c1-11(14-7-6-13(19)8-15(14)20)21-17(24)10-23-9-12-4-2-3-5-16(12)22-18(23)25/h2-8,11H,9-10H2,1H3,(H,21,24)(H,22,25)/t11-/m0/s1. The van der Waals surface area contributed by atoms with E-state index in [0.717, 1.165) is 23.4 Å². The molecule has 1 aliphatic rings. The van der Waals surface area contributed by atoms with Gasteiger partial charge < -0.3 is 15.5 Å². The van der Waals surface area contributed by atoms with Crippen LogP contribution in [0.25, 0.3) is 0 Å². The topological polar surface area (TPSA) is 61.4 Å². The third kappa shape index (κ3) is 3.76. The Labute approximate surface area is 143 Å². The molecule has 0 fully saturated rings. The smallest absolute Gasteiger partial charge is 0.322 e. The predicted molar refractivity (Wildman–Crippen MR) is 88.8 cm³/mol. The molecule has 0 unspecified atom stereocenters. The minimum atomic E-state index is -0.725. The molecule has 2 aromatic rings. The Morgan fingerprint density at radius 2 is 2.04 bits per heavy atom. The van der Waals surface area contributed by atoms with E-state index in [1.54, 1.807) is 13.0 Å². The van der Waals surface area contributed by atoms with Crippen LogP contribution in [0, 0.1) is 11.6 Å². The molecule has 5 nitrogen and oxygen atoms in total. The summed E-state index contributed by atoms with van der Waals surface area (Å²) >= 11 is 0. The minimum absolute atomic E-state index is 0.159. The molecule has 3 amide bonds. The number of hydrogen-bond donors (Lipinski definition) is 2. The molecule has 0 radical (unpaired) electrons. The summed E-state index contributed by atoms with van der Waals surface area (Å²) < 4.78 is 26.7. The molecule has 1 aliphatic heterocycles. The van der Waals surface area contributed by atoms with Gasteiger partial charge >= 0.3 is 6.03 Å². The quantitative estimate of drug-likeness (QED) is 0.894. The van der Waals surface area contributed by atoms with E-state index in [4.69, 9.17) is 0 Å². The first-order chi connectivity index (χ1) is 11.9. The van der Waals surface area contributed by atoms with E-state index in [1.807, 2.05) is 18.2 Å². The van der Waals surface area contributed by atoms with Gasteiger partial charge in [-0.2, -0.15) is 0 Å². The van der Waals surface area contributed by atoms with Gasteiger partial charge in [-0.1, -0.05) is 24.3 Å². The molecule has 0 aliphatic carbocycles. The van der Waals surface area contributed by atoms with Crippen molar-refractivity contribution in [2.75, 3.05) is 11.9 Å². The molecule has 2 N–H and O–H groups in total. The molecule has 0 aromatic heterocycles. The van der Waals surface area contributed by atoms with E-state index < -0.39 is 23.6 Å². The van der Waals surface area contributed by atoms with Gasteiger partial charge in [0.05, 0.1) is 12.6 Å². The molecule has 7 heteroatoms. The van der Waals surface area contributed by atoms with Gasteiger partial charge in [0.25, 0.3) is 0 Å². The molecular weight excluding hydrogens is 328 g/mol. The zero-order valence-corrected chi connectivity index (χ0v) is 13.6. The number of carbonyl (C=O) groups is 2. The predicted octanol–water partition coefficient (Wildman–Crippen LogP) is 3.19. The van der Waals surface area contributed by atoms with Crippen molar-refractivity contribution in [3.05, 3.63) is 65.2 Å². The lowest BCUT2D eigenvalue weighted by molar-refractivity contribution is -0.122. The summed E-state index contributed by atoms with van der Waals surface area (Å²) in [6.07, 6.45) is 0. The summed E-state index contributed by atoms with van der Waals surface area (Å²) in [4.78, 5) is 25.6. The highest BCUT2D eigenvalue weighted by Gasteiger charge is 2.25. The fraction of sp³-hybridized carbons (Fsp3) is 0.222. The molecule has 130 valence electrons. The molecule has 25 heavy (non-hydrogen) atoms. The van der Waals surface area contributed by atoms with Crippen LogP contribution in [0.4, 0.5) is 19.3 Å². The molecular formula is C18H17F2N3O2. The average molecular weight is 345 g/mol. The third-order valence-electron chi connectivity index (χ3n) is 4.05. The van der Waals surface area contributed by atoms with Gasteiger partial charge in [0.15, 0.2) is 0 Å². The number of fused-ring (bicyclic) bond motifs is 1. The molecule has 1 heterocycles. The van der Waals surface area contributed by atoms with Crippen molar-refractivity contribution >= 4 is 17.6 Å². The monoisotopic (exact) mass is 345 g/mol. The van der Waals surface area contributed by atoms with E-state index in [-0.39, 0.29) is 18.1 Å². The summed E-state index contributed by atoms with van der Waals surface area (Å²) in [6, 6.07) is 9.53. The Morgan fingerprint density at radius 3 is 2.80 bits per heavy atom. The highest BCUT2D eigenvalue weighted by Crippen LogP contribution is 2.22. The van der Waals surface area contributed by atoms with Crippen molar-refractivity contribution in [3.63, 3.8) is 0 Å². The van der Waals surface area contributed by atoms with Crippen LogP contribution in [0.1, 0.15) is 24.1 Å². The second-order valence-electron chi connectivity index (χ2n) is 5.90. The lowest BCUT2D eigenvalue weighted by atomic mass is 10.1. The maximum absolute atomic E-state index is 13.8. The maximum atomic E-state index is 13.8. The van der Waals surface area contributed by atoms with Gasteiger partial charge in [0.1, 0.15) is 18.2 Å². The number of urea groups is 1. The van der Waals surface area contributed by atoms with E-state index in [0.29, 0.717) is 6.54 Å². The number of benzene rings is 2.